The van der Waals surface area contributed by atoms with Crippen molar-refractivity contribution in [3.8, 4) is 0 Å². The summed E-state index contributed by atoms with van der Waals surface area (Å²) in [7, 11) is 0. The van der Waals surface area contributed by atoms with Gasteiger partial charge in [-0.25, -0.2) is 4.79 Å². The van der Waals surface area contributed by atoms with Gasteiger partial charge < -0.3 is 15.1 Å². The number of para-hydroxylation sites is 1. The highest BCUT2D eigenvalue weighted by Crippen LogP contribution is 2.09. The van der Waals surface area contributed by atoms with Gasteiger partial charge in [0, 0.05) is 24.7 Å². The number of carbonyl (C=O) groups excluding carboxylic acids is 2. The molecule has 0 aliphatic heterocycles. The van der Waals surface area contributed by atoms with Gasteiger partial charge in [0.15, 0.2) is 5.82 Å². The molecule has 0 aliphatic rings. The fourth-order valence-corrected chi connectivity index (χ4v) is 3.61. The molecule has 2 amide bonds. The number of furan rings is 1. The summed E-state index contributed by atoms with van der Waals surface area (Å²) in [6.45, 7) is 1.80. The fraction of sp³-hybridized carbons (Fsp3) is 0.261. The quantitative estimate of drug-likeness (QED) is 0.343. The average Bonchev–Trinajstić information content (AvgIpc) is 3.49. The number of aromatic nitrogens is 4. The summed E-state index contributed by atoms with van der Waals surface area (Å²) in [5.74, 6) is 0.291. The van der Waals surface area contributed by atoms with Gasteiger partial charge in [0.2, 0.25) is 11.8 Å². The zero-order valence-electron chi connectivity index (χ0n) is 18.5. The number of carbonyl (C=O) groups is 2. The van der Waals surface area contributed by atoms with Crippen molar-refractivity contribution in [1.29, 1.82) is 0 Å². The van der Waals surface area contributed by atoms with Crippen LogP contribution in [0.2, 0.25) is 0 Å². The Kier molecular flexibility index (Phi) is 6.72. The molecule has 0 saturated carbocycles. The average molecular weight is 464 g/mol. The molecule has 3 N–H and O–H groups in total. The van der Waals surface area contributed by atoms with Crippen molar-refractivity contribution in [1.82, 2.24) is 24.6 Å². The number of aryl methyl sites for hydroxylation is 1. The van der Waals surface area contributed by atoms with Gasteiger partial charge >= 0.3 is 5.69 Å². The number of hydrogen-bond acceptors (Lipinski definition) is 6. The molecule has 1 aromatic carbocycles. The Labute approximate surface area is 193 Å². The monoisotopic (exact) mass is 464 g/mol. The zero-order valence-corrected chi connectivity index (χ0v) is 18.5. The minimum atomic E-state index is -0.618. The van der Waals surface area contributed by atoms with Crippen molar-refractivity contribution >= 4 is 28.5 Å². The maximum atomic E-state index is 13.2. The van der Waals surface area contributed by atoms with Crippen LogP contribution in [0.3, 0.4) is 0 Å². The van der Waals surface area contributed by atoms with Crippen LogP contribution < -0.4 is 21.9 Å². The molecular weight excluding hydrogens is 440 g/mol. The maximum absolute atomic E-state index is 13.2. The van der Waals surface area contributed by atoms with Gasteiger partial charge in [-0.05, 0) is 37.6 Å². The molecule has 0 fully saturated rings. The molecule has 0 unspecified atom stereocenters. The van der Waals surface area contributed by atoms with E-state index in [4.69, 9.17) is 4.42 Å². The second-order valence-electron chi connectivity index (χ2n) is 7.79. The first-order valence-corrected chi connectivity index (χ1v) is 10.8. The highest BCUT2D eigenvalue weighted by Gasteiger charge is 2.16. The van der Waals surface area contributed by atoms with Gasteiger partial charge in [0.1, 0.15) is 12.3 Å². The molecule has 11 nitrogen and oxygen atoms in total. The van der Waals surface area contributed by atoms with E-state index in [1.54, 1.807) is 49.4 Å². The number of nitrogens with zero attached hydrogens (tertiary/aromatic N) is 3. The van der Waals surface area contributed by atoms with Gasteiger partial charge in [-0.3, -0.25) is 28.6 Å². The van der Waals surface area contributed by atoms with Gasteiger partial charge in [0.25, 0.3) is 5.56 Å². The van der Waals surface area contributed by atoms with E-state index in [2.05, 4.69) is 20.8 Å². The SMILES string of the molecule is Cc1cc(NC(=O)Cn2c(=O)n(CCCC(=O)NCc3ccco3)c(=O)c3ccccc32)n[nH]1. The van der Waals surface area contributed by atoms with Crippen LogP contribution in [-0.2, 0) is 29.2 Å². The smallest absolute Gasteiger partial charge is 0.331 e. The molecule has 0 saturated heterocycles. The van der Waals surface area contributed by atoms with E-state index < -0.39 is 17.2 Å². The summed E-state index contributed by atoms with van der Waals surface area (Å²) in [6, 6.07) is 11.8. The van der Waals surface area contributed by atoms with Crippen LogP contribution in [0.1, 0.15) is 24.3 Å². The van der Waals surface area contributed by atoms with Crippen LogP contribution in [0.4, 0.5) is 5.82 Å². The van der Waals surface area contributed by atoms with Crippen LogP contribution in [0.25, 0.3) is 10.9 Å². The first kappa shape index (κ1) is 22.8. The number of hydrogen-bond donors (Lipinski definition) is 3. The van der Waals surface area contributed by atoms with Crippen molar-refractivity contribution in [2.75, 3.05) is 5.32 Å². The van der Waals surface area contributed by atoms with E-state index in [0.29, 0.717) is 22.5 Å². The number of aromatic amines is 1. The lowest BCUT2D eigenvalue weighted by atomic mass is 10.2. The molecule has 3 heterocycles. The van der Waals surface area contributed by atoms with E-state index in [-0.39, 0.29) is 38.4 Å². The summed E-state index contributed by atoms with van der Waals surface area (Å²) in [4.78, 5) is 50.8. The summed E-state index contributed by atoms with van der Waals surface area (Å²) in [6.07, 6.45) is 1.92. The zero-order chi connectivity index (χ0) is 24.1. The fourth-order valence-electron chi connectivity index (χ4n) is 3.61. The molecule has 4 aromatic rings. The summed E-state index contributed by atoms with van der Waals surface area (Å²) in [5, 5.41) is 12.4. The third-order valence-electron chi connectivity index (χ3n) is 5.23. The highest BCUT2D eigenvalue weighted by atomic mass is 16.3. The first-order valence-electron chi connectivity index (χ1n) is 10.8. The Bertz CT molecular complexity index is 1430. The van der Waals surface area contributed by atoms with Crippen LogP contribution in [-0.4, -0.2) is 31.1 Å². The van der Waals surface area contributed by atoms with E-state index in [0.717, 1.165) is 10.3 Å². The van der Waals surface area contributed by atoms with Gasteiger partial charge in [-0.15, -0.1) is 0 Å². The molecule has 0 atom stereocenters. The molecule has 0 radical (unpaired) electrons. The van der Waals surface area contributed by atoms with Crippen LogP contribution >= 0.6 is 0 Å². The predicted octanol–water partition coefficient (Wildman–Crippen LogP) is 1.52. The molecule has 176 valence electrons. The number of rotatable bonds is 9. The third kappa shape index (κ3) is 5.14. The van der Waals surface area contributed by atoms with Crippen LogP contribution in [0.15, 0.2) is 62.7 Å². The predicted molar refractivity (Wildman–Crippen MR) is 124 cm³/mol. The minimum absolute atomic E-state index is 0.0385. The lowest BCUT2D eigenvalue weighted by Crippen LogP contribution is -2.42. The molecule has 4 rings (SSSR count). The molecule has 3 aromatic heterocycles. The number of nitrogens with one attached hydrogen (secondary N) is 3. The van der Waals surface area contributed by atoms with E-state index in [1.807, 2.05) is 0 Å². The Morgan fingerprint density at radius 2 is 1.91 bits per heavy atom. The lowest BCUT2D eigenvalue weighted by molar-refractivity contribution is -0.121. The molecule has 0 spiro atoms. The van der Waals surface area contributed by atoms with Gasteiger partial charge in [-0.2, -0.15) is 5.10 Å². The maximum Gasteiger partial charge on any atom is 0.331 e. The van der Waals surface area contributed by atoms with E-state index in [9.17, 15) is 19.2 Å². The Morgan fingerprint density at radius 3 is 2.65 bits per heavy atom. The summed E-state index contributed by atoms with van der Waals surface area (Å²) >= 11 is 0. The first-order chi connectivity index (χ1) is 16.4. The minimum Gasteiger partial charge on any atom is -0.467 e. The largest absolute Gasteiger partial charge is 0.467 e. The van der Waals surface area contributed by atoms with Crippen LogP contribution in [0.5, 0.6) is 0 Å². The standard InChI is InChI=1S/C23H24N6O5/c1-15-12-19(27-26-15)25-21(31)14-29-18-8-3-2-7-17(18)22(32)28(23(29)33)10-4-9-20(30)24-13-16-6-5-11-34-16/h2-3,5-8,11-12H,4,9-10,13-14H2,1H3,(H,24,30)(H2,25,26,27,31). The van der Waals surface area contributed by atoms with Crippen molar-refractivity contribution in [2.45, 2.75) is 39.4 Å². The number of H-pyrrole nitrogens is 1. The summed E-state index contributed by atoms with van der Waals surface area (Å²) < 4.78 is 7.49. The second kappa shape index (κ2) is 10.0. The van der Waals surface area contributed by atoms with E-state index >= 15 is 0 Å². The molecule has 11 heteroatoms. The summed E-state index contributed by atoms with van der Waals surface area (Å²) in [5.41, 5.74) is 0.0576. The van der Waals surface area contributed by atoms with E-state index in [1.165, 1.54) is 10.8 Å². The van der Waals surface area contributed by atoms with Crippen molar-refractivity contribution in [3.63, 3.8) is 0 Å². The number of benzene rings is 1. The number of anilines is 1. The third-order valence-corrected chi connectivity index (χ3v) is 5.23. The van der Waals surface area contributed by atoms with Crippen LogP contribution in [0, 0.1) is 6.92 Å². The lowest BCUT2D eigenvalue weighted by Gasteiger charge is -2.14. The molecule has 34 heavy (non-hydrogen) atoms. The highest BCUT2D eigenvalue weighted by molar-refractivity contribution is 5.90. The number of fused-ring (bicyclic) bond motifs is 1. The normalized spacial score (nSPS) is 11.0. The van der Waals surface area contributed by atoms with Gasteiger partial charge in [0.05, 0.1) is 23.7 Å². The second-order valence-corrected chi connectivity index (χ2v) is 7.79. The Balaban J connectivity index is 1.50. The molecule has 0 bridgehead atoms. The Morgan fingerprint density at radius 1 is 1.09 bits per heavy atom. The molecular formula is C23H24N6O5. The van der Waals surface area contributed by atoms with Crippen molar-refractivity contribution in [3.05, 3.63) is 81.0 Å². The molecule has 0 aliphatic carbocycles. The van der Waals surface area contributed by atoms with Crippen molar-refractivity contribution in [2.24, 2.45) is 0 Å². The van der Waals surface area contributed by atoms with Gasteiger partial charge in [-0.1, -0.05) is 12.1 Å². The Hall–Kier alpha value is -4.41. The number of amides is 2. The topological polar surface area (TPSA) is 144 Å². The van der Waals surface area contributed by atoms with Crippen molar-refractivity contribution < 1.29 is 14.0 Å².